The molecule has 0 saturated carbocycles. The van der Waals surface area contributed by atoms with Gasteiger partial charge in [-0.1, -0.05) is 97.1 Å². The highest BCUT2D eigenvalue weighted by Crippen LogP contribution is 2.36. The van der Waals surface area contributed by atoms with Crippen molar-refractivity contribution in [2.45, 2.75) is 12.3 Å². The number of furan rings is 1. The highest BCUT2D eigenvalue weighted by molar-refractivity contribution is 6.18. The number of nitrogens with zero attached hydrogens (tertiary/aromatic N) is 4. The van der Waals surface area contributed by atoms with Gasteiger partial charge in [0.1, 0.15) is 5.58 Å². The largest absolute Gasteiger partial charge is 0.454 e. The van der Waals surface area contributed by atoms with Crippen molar-refractivity contribution in [3.05, 3.63) is 145 Å². The summed E-state index contributed by atoms with van der Waals surface area (Å²) < 4.78 is 6.14. The summed E-state index contributed by atoms with van der Waals surface area (Å²) >= 11 is 0. The number of hydrogen-bond donors (Lipinski definition) is 0. The van der Waals surface area contributed by atoms with Crippen molar-refractivity contribution in [3.8, 4) is 34.2 Å². The second-order valence-corrected chi connectivity index (χ2v) is 11.5. The molecule has 8 aromatic rings. The molecular formula is C40H26N4O. The van der Waals surface area contributed by atoms with Crippen LogP contribution >= 0.6 is 0 Å². The summed E-state index contributed by atoms with van der Waals surface area (Å²) in [6.07, 6.45) is 11.5. The molecule has 0 fully saturated rings. The Labute approximate surface area is 259 Å². The summed E-state index contributed by atoms with van der Waals surface area (Å²) in [5, 5.41) is 5.43. The zero-order valence-electron chi connectivity index (χ0n) is 24.3. The van der Waals surface area contributed by atoms with E-state index in [4.69, 9.17) is 24.4 Å². The number of benzene rings is 5. The molecule has 1 unspecified atom stereocenters. The summed E-state index contributed by atoms with van der Waals surface area (Å²) in [5.41, 5.74) is 6.54. The monoisotopic (exact) mass is 578 g/mol. The van der Waals surface area contributed by atoms with E-state index in [0.29, 0.717) is 23.4 Å². The second-order valence-electron chi connectivity index (χ2n) is 11.5. The summed E-state index contributed by atoms with van der Waals surface area (Å²) in [6.45, 7) is 0. The van der Waals surface area contributed by atoms with Gasteiger partial charge in [-0.3, -0.25) is 4.98 Å². The quantitative estimate of drug-likeness (QED) is 0.208. The van der Waals surface area contributed by atoms with Crippen molar-refractivity contribution in [3.63, 3.8) is 0 Å². The predicted molar refractivity (Wildman–Crippen MR) is 182 cm³/mol. The molecule has 5 aromatic carbocycles. The van der Waals surface area contributed by atoms with Crippen molar-refractivity contribution < 1.29 is 4.42 Å². The maximum Gasteiger partial charge on any atom is 0.164 e. The van der Waals surface area contributed by atoms with Gasteiger partial charge in [-0.05, 0) is 59.2 Å². The number of hydrogen-bond acceptors (Lipinski definition) is 5. The molecule has 0 N–H and O–H groups in total. The van der Waals surface area contributed by atoms with Crippen LogP contribution in [0.3, 0.4) is 0 Å². The van der Waals surface area contributed by atoms with Gasteiger partial charge in [-0.15, -0.1) is 0 Å². The molecule has 0 saturated heterocycles. The highest BCUT2D eigenvalue weighted by atomic mass is 16.3. The Kier molecular flexibility index (Phi) is 5.88. The van der Waals surface area contributed by atoms with Crippen molar-refractivity contribution in [1.82, 2.24) is 19.9 Å². The fraction of sp³-hybridized carbons (Fsp3) is 0.0500. The van der Waals surface area contributed by atoms with E-state index in [2.05, 4.69) is 103 Å². The van der Waals surface area contributed by atoms with Gasteiger partial charge in [0.05, 0.1) is 11.7 Å². The van der Waals surface area contributed by atoms with E-state index in [-0.39, 0.29) is 0 Å². The van der Waals surface area contributed by atoms with E-state index < -0.39 is 0 Å². The van der Waals surface area contributed by atoms with Crippen LogP contribution in [-0.4, -0.2) is 19.9 Å². The Morgan fingerprint density at radius 2 is 1.33 bits per heavy atom. The van der Waals surface area contributed by atoms with Crippen molar-refractivity contribution >= 4 is 43.6 Å². The minimum Gasteiger partial charge on any atom is -0.454 e. The molecule has 0 amide bonds. The molecule has 5 heteroatoms. The lowest BCUT2D eigenvalue weighted by Crippen LogP contribution is -2.01. The van der Waals surface area contributed by atoms with Gasteiger partial charge in [0.2, 0.25) is 0 Å². The second kappa shape index (κ2) is 10.4. The first-order valence-electron chi connectivity index (χ1n) is 15.2. The average molecular weight is 579 g/mol. The molecule has 45 heavy (non-hydrogen) atoms. The third-order valence-electron chi connectivity index (χ3n) is 8.66. The molecule has 212 valence electrons. The number of pyridine rings is 1. The maximum absolute atomic E-state index is 6.14. The molecule has 0 spiro atoms. The Balaban J connectivity index is 1.25. The van der Waals surface area contributed by atoms with E-state index >= 15 is 0 Å². The summed E-state index contributed by atoms with van der Waals surface area (Å²) in [5.74, 6) is 2.22. The first-order chi connectivity index (χ1) is 22.3. The maximum atomic E-state index is 6.14. The molecule has 1 atom stereocenters. The van der Waals surface area contributed by atoms with E-state index in [1.807, 2.05) is 30.3 Å². The average Bonchev–Trinajstić information content (AvgIpc) is 3.51. The Morgan fingerprint density at radius 1 is 0.578 bits per heavy atom. The third-order valence-corrected chi connectivity index (χ3v) is 8.66. The van der Waals surface area contributed by atoms with Gasteiger partial charge in [0.25, 0.3) is 0 Å². The molecule has 1 aliphatic carbocycles. The minimum absolute atomic E-state index is 0.330. The fourth-order valence-corrected chi connectivity index (χ4v) is 6.38. The van der Waals surface area contributed by atoms with Crippen molar-refractivity contribution in [1.29, 1.82) is 0 Å². The first kappa shape index (κ1) is 25.5. The fourth-order valence-electron chi connectivity index (χ4n) is 6.38. The van der Waals surface area contributed by atoms with Crippen LogP contribution in [0.15, 0.2) is 144 Å². The van der Waals surface area contributed by atoms with Gasteiger partial charge in [-0.25, -0.2) is 15.0 Å². The van der Waals surface area contributed by atoms with Gasteiger partial charge in [0, 0.05) is 38.8 Å². The van der Waals surface area contributed by atoms with Crippen molar-refractivity contribution in [2.24, 2.45) is 0 Å². The van der Waals surface area contributed by atoms with E-state index in [9.17, 15) is 0 Å². The van der Waals surface area contributed by atoms with Crippen LogP contribution in [0.2, 0.25) is 0 Å². The van der Waals surface area contributed by atoms with Crippen LogP contribution in [0.1, 0.15) is 17.9 Å². The molecule has 0 radical (unpaired) electrons. The molecule has 3 heterocycles. The standard InChI is InChI=1S/C40H26N4O/c1-2-9-25(10-3-1)28-13-8-14-29(21-28)38-42-39(30-18-17-26-11-4-5-12-27(26)22-30)44-40(43-38)31-19-20-34-33(23-31)37-32-15-6-7-16-35(32)45-36(37)24-41-34/h1-9,11-25H,10H2. The number of para-hydroxylation sites is 1. The topological polar surface area (TPSA) is 64.7 Å². The number of fused-ring (bicyclic) bond motifs is 6. The van der Waals surface area contributed by atoms with Gasteiger partial charge < -0.3 is 4.42 Å². The molecule has 5 nitrogen and oxygen atoms in total. The smallest absolute Gasteiger partial charge is 0.164 e. The number of allylic oxidation sites excluding steroid dienone is 4. The lowest BCUT2D eigenvalue weighted by Gasteiger charge is -2.15. The van der Waals surface area contributed by atoms with Crippen molar-refractivity contribution in [2.75, 3.05) is 0 Å². The Bertz CT molecular complexity index is 2490. The zero-order valence-corrected chi connectivity index (χ0v) is 24.3. The SMILES string of the molecule is C1=CCC(c2cccc(-c3nc(-c4ccc5ccccc5c4)nc(-c4ccc5ncc6oc7ccccc7c6c5c4)n3)c2)C=C1. The molecule has 0 aliphatic heterocycles. The van der Waals surface area contributed by atoms with E-state index in [1.54, 1.807) is 6.20 Å². The molecule has 9 rings (SSSR count). The van der Waals surface area contributed by atoms with Crippen LogP contribution in [-0.2, 0) is 0 Å². The highest BCUT2D eigenvalue weighted by Gasteiger charge is 2.17. The first-order valence-corrected chi connectivity index (χ1v) is 15.2. The molecule has 3 aromatic heterocycles. The van der Waals surface area contributed by atoms with Crippen LogP contribution in [0.4, 0.5) is 0 Å². The van der Waals surface area contributed by atoms with Crippen LogP contribution < -0.4 is 0 Å². The van der Waals surface area contributed by atoms with E-state index in [0.717, 1.165) is 61.3 Å². The summed E-state index contributed by atoms with van der Waals surface area (Å²) in [6, 6.07) is 37.6. The number of rotatable bonds is 4. The predicted octanol–water partition coefficient (Wildman–Crippen LogP) is 10.1. The minimum atomic E-state index is 0.330. The molecule has 0 bridgehead atoms. The lowest BCUT2D eigenvalue weighted by molar-refractivity contribution is 0.667. The third kappa shape index (κ3) is 4.48. The zero-order chi connectivity index (χ0) is 29.7. The van der Waals surface area contributed by atoms with Crippen LogP contribution in [0.5, 0.6) is 0 Å². The van der Waals surface area contributed by atoms with Gasteiger partial charge >= 0.3 is 0 Å². The van der Waals surface area contributed by atoms with E-state index in [1.165, 1.54) is 10.9 Å². The Hall–Kier alpha value is -5.94. The normalized spacial score (nSPS) is 14.6. The molecular weight excluding hydrogens is 552 g/mol. The lowest BCUT2D eigenvalue weighted by atomic mass is 9.91. The Morgan fingerprint density at radius 3 is 2.18 bits per heavy atom. The molecule has 1 aliphatic rings. The van der Waals surface area contributed by atoms with Gasteiger partial charge in [0.15, 0.2) is 23.1 Å². The van der Waals surface area contributed by atoms with Crippen LogP contribution in [0.25, 0.3) is 77.8 Å². The number of aromatic nitrogens is 4. The van der Waals surface area contributed by atoms with Crippen LogP contribution in [0, 0.1) is 0 Å². The summed E-state index contributed by atoms with van der Waals surface area (Å²) in [4.78, 5) is 19.9. The summed E-state index contributed by atoms with van der Waals surface area (Å²) in [7, 11) is 0. The van der Waals surface area contributed by atoms with Gasteiger partial charge in [-0.2, -0.15) is 0 Å².